The molecule has 0 amide bonds. The first-order valence-corrected chi connectivity index (χ1v) is 11.0. The molecule has 0 aromatic rings. The normalized spacial score (nSPS) is 30.3. The monoisotopic (exact) mass is 350 g/mol. The fourth-order valence-electron chi connectivity index (χ4n) is 4.64. The predicted molar refractivity (Wildman–Crippen MR) is 107 cm³/mol. The first kappa shape index (κ1) is 20.9. The minimum atomic E-state index is 0.204. The van der Waals surface area contributed by atoms with Crippen LogP contribution in [0.25, 0.3) is 0 Å². The molecule has 0 bridgehead atoms. The molecular formula is C22H42N2O. The van der Waals surface area contributed by atoms with E-state index in [1.54, 1.807) is 0 Å². The Morgan fingerprint density at radius 3 is 1.80 bits per heavy atom. The zero-order valence-electron chi connectivity index (χ0n) is 17.3. The van der Waals surface area contributed by atoms with Crippen molar-refractivity contribution in [2.24, 2.45) is 17.8 Å². The highest BCUT2D eigenvalue weighted by Gasteiger charge is 2.37. The fraction of sp³-hybridized carbons (Fsp3) is 0.955. The third-order valence-electron chi connectivity index (χ3n) is 6.83. The molecule has 3 nitrogen and oxygen atoms in total. The van der Waals surface area contributed by atoms with Gasteiger partial charge in [0.15, 0.2) is 0 Å². The maximum Gasteiger partial charge on any atom is 0.122 e. The van der Waals surface area contributed by atoms with Crippen molar-refractivity contribution < 1.29 is 4.79 Å². The Morgan fingerprint density at radius 2 is 1.36 bits per heavy atom. The zero-order valence-corrected chi connectivity index (χ0v) is 17.3. The number of aldehydes is 1. The van der Waals surface area contributed by atoms with Gasteiger partial charge in [-0.05, 0) is 37.5 Å². The molecule has 0 aromatic heterocycles. The second kappa shape index (κ2) is 10.7. The third-order valence-corrected chi connectivity index (χ3v) is 6.83. The predicted octanol–water partition coefficient (Wildman–Crippen LogP) is 4.60. The average molecular weight is 351 g/mol. The van der Waals surface area contributed by atoms with E-state index in [0.29, 0.717) is 0 Å². The van der Waals surface area contributed by atoms with Gasteiger partial charge in [-0.3, -0.25) is 9.80 Å². The van der Waals surface area contributed by atoms with E-state index in [4.69, 9.17) is 0 Å². The topological polar surface area (TPSA) is 23.6 Å². The average Bonchev–Trinajstić information content (AvgIpc) is 2.62. The van der Waals surface area contributed by atoms with E-state index in [0.717, 1.165) is 30.2 Å². The summed E-state index contributed by atoms with van der Waals surface area (Å²) in [6.07, 6.45) is 12.6. The van der Waals surface area contributed by atoms with Crippen molar-refractivity contribution in [2.75, 3.05) is 26.2 Å². The van der Waals surface area contributed by atoms with E-state index < -0.39 is 0 Å². The molecule has 1 aliphatic heterocycles. The maximum absolute atomic E-state index is 9.50. The molecule has 1 atom stereocenters. The first-order valence-electron chi connectivity index (χ1n) is 11.0. The van der Waals surface area contributed by atoms with Crippen molar-refractivity contribution >= 4 is 6.29 Å². The molecule has 25 heavy (non-hydrogen) atoms. The number of carbonyl (C=O) groups is 1. The lowest BCUT2D eigenvalue weighted by Gasteiger charge is -2.49. The highest BCUT2D eigenvalue weighted by Crippen LogP contribution is 2.38. The number of hydrogen-bond donors (Lipinski definition) is 0. The van der Waals surface area contributed by atoms with Crippen LogP contribution in [0.2, 0.25) is 0 Å². The van der Waals surface area contributed by atoms with Crippen molar-refractivity contribution in [1.82, 2.24) is 9.80 Å². The zero-order chi connectivity index (χ0) is 18.2. The number of nitrogens with zero attached hydrogens (tertiary/aromatic N) is 2. The van der Waals surface area contributed by atoms with Gasteiger partial charge < -0.3 is 4.79 Å². The molecule has 1 unspecified atom stereocenters. The molecule has 0 spiro atoms. The van der Waals surface area contributed by atoms with Crippen LogP contribution in [0.5, 0.6) is 0 Å². The quantitative estimate of drug-likeness (QED) is 0.677. The van der Waals surface area contributed by atoms with E-state index in [1.807, 2.05) is 13.8 Å². The highest BCUT2D eigenvalue weighted by molar-refractivity contribution is 5.51. The molecule has 0 N–H and O–H groups in total. The second-order valence-corrected chi connectivity index (χ2v) is 9.01. The second-order valence-electron chi connectivity index (χ2n) is 9.01. The number of carbonyl (C=O) groups excluding carboxylic acids is 1. The first-order chi connectivity index (χ1) is 12.0. The summed E-state index contributed by atoms with van der Waals surface area (Å²) in [4.78, 5) is 15.1. The van der Waals surface area contributed by atoms with Crippen LogP contribution in [0.1, 0.15) is 79.1 Å². The van der Waals surface area contributed by atoms with Crippen LogP contribution in [0.15, 0.2) is 0 Å². The van der Waals surface area contributed by atoms with Crippen LogP contribution in [0.4, 0.5) is 0 Å². The van der Waals surface area contributed by atoms with Crippen LogP contribution in [-0.4, -0.2) is 54.3 Å². The van der Waals surface area contributed by atoms with Crippen molar-refractivity contribution in [2.45, 2.75) is 91.1 Å². The molecular weight excluding hydrogens is 308 g/mol. The van der Waals surface area contributed by atoms with E-state index in [2.05, 4.69) is 23.6 Å². The molecule has 3 heteroatoms. The van der Waals surface area contributed by atoms with Gasteiger partial charge in [-0.25, -0.2) is 0 Å². The summed E-state index contributed by atoms with van der Waals surface area (Å²) in [5.41, 5.74) is 0. The van der Waals surface area contributed by atoms with E-state index in [1.165, 1.54) is 77.5 Å². The van der Waals surface area contributed by atoms with Crippen LogP contribution >= 0.6 is 0 Å². The number of rotatable bonds is 5. The summed E-state index contributed by atoms with van der Waals surface area (Å²) in [7, 11) is 0. The summed E-state index contributed by atoms with van der Waals surface area (Å²) in [5, 5.41) is 0. The molecule has 146 valence electrons. The molecule has 3 aliphatic rings. The summed E-state index contributed by atoms with van der Waals surface area (Å²) in [5.74, 6) is 2.19. The molecule has 3 fully saturated rings. The lowest BCUT2D eigenvalue weighted by Crippen LogP contribution is -2.56. The molecule has 1 heterocycles. The van der Waals surface area contributed by atoms with Crippen LogP contribution in [0, 0.1) is 17.8 Å². The third kappa shape index (κ3) is 6.36. The summed E-state index contributed by atoms with van der Waals surface area (Å²) >= 11 is 0. The van der Waals surface area contributed by atoms with Crippen LogP contribution < -0.4 is 0 Å². The van der Waals surface area contributed by atoms with Gasteiger partial charge in [0, 0.05) is 44.2 Å². The fourth-order valence-corrected chi connectivity index (χ4v) is 4.64. The van der Waals surface area contributed by atoms with Gasteiger partial charge in [0.1, 0.15) is 6.29 Å². The van der Waals surface area contributed by atoms with Gasteiger partial charge in [0.2, 0.25) is 0 Å². The highest BCUT2D eigenvalue weighted by atomic mass is 16.1. The number of piperazine rings is 1. The molecule has 0 radical (unpaired) electrons. The lowest BCUT2D eigenvalue weighted by molar-refractivity contribution is -0.110. The molecule has 2 saturated carbocycles. The van der Waals surface area contributed by atoms with E-state index >= 15 is 0 Å². The lowest BCUT2D eigenvalue weighted by atomic mass is 9.71. The van der Waals surface area contributed by atoms with Gasteiger partial charge in [0.25, 0.3) is 0 Å². The van der Waals surface area contributed by atoms with Crippen molar-refractivity contribution in [3.8, 4) is 0 Å². The Hall–Kier alpha value is -0.410. The Labute approximate surface area is 156 Å². The SMILES string of the molecule is CC(C)C=O.CCC(C)C1CC(N2CCN(C3CCCCC3)CC2)C1. The Bertz CT molecular complexity index is 364. The van der Waals surface area contributed by atoms with Crippen molar-refractivity contribution in [3.05, 3.63) is 0 Å². The molecule has 2 aliphatic carbocycles. The number of hydrogen-bond acceptors (Lipinski definition) is 3. The largest absolute Gasteiger partial charge is 0.303 e. The Balaban J connectivity index is 0.000000399. The van der Waals surface area contributed by atoms with Crippen molar-refractivity contribution in [1.29, 1.82) is 0 Å². The smallest absolute Gasteiger partial charge is 0.122 e. The van der Waals surface area contributed by atoms with E-state index in [9.17, 15) is 4.79 Å². The summed E-state index contributed by atoms with van der Waals surface area (Å²) in [6, 6.07) is 1.86. The minimum Gasteiger partial charge on any atom is -0.303 e. The van der Waals surface area contributed by atoms with Gasteiger partial charge in [-0.1, -0.05) is 53.4 Å². The van der Waals surface area contributed by atoms with Crippen molar-refractivity contribution in [3.63, 3.8) is 0 Å². The van der Waals surface area contributed by atoms with Crippen LogP contribution in [-0.2, 0) is 4.79 Å². The summed E-state index contributed by atoms with van der Waals surface area (Å²) < 4.78 is 0. The minimum absolute atomic E-state index is 0.204. The van der Waals surface area contributed by atoms with E-state index in [-0.39, 0.29) is 5.92 Å². The maximum atomic E-state index is 9.50. The van der Waals surface area contributed by atoms with Crippen LogP contribution in [0.3, 0.4) is 0 Å². The molecule has 1 saturated heterocycles. The summed E-state index contributed by atoms with van der Waals surface area (Å²) in [6.45, 7) is 13.9. The Kier molecular flexibility index (Phi) is 8.92. The van der Waals surface area contributed by atoms with Gasteiger partial charge >= 0.3 is 0 Å². The standard InChI is InChI=1S/C18H34N2.C4H8O/c1-3-15(2)16-13-18(14-16)20-11-9-19(10-12-20)17-7-5-4-6-8-17;1-4(2)3-5/h15-18H,3-14H2,1-2H3;3-4H,1-2H3. The van der Waals surface area contributed by atoms with Gasteiger partial charge in [-0.2, -0.15) is 0 Å². The molecule has 3 rings (SSSR count). The van der Waals surface area contributed by atoms with Gasteiger partial charge in [0.05, 0.1) is 0 Å². The van der Waals surface area contributed by atoms with Gasteiger partial charge in [-0.15, -0.1) is 0 Å². The molecule has 0 aromatic carbocycles. The Morgan fingerprint density at radius 1 is 0.880 bits per heavy atom.